The Kier molecular flexibility index (Phi) is 11.4. The molecule has 0 radical (unpaired) electrons. The van der Waals surface area contributed by atoms with Crippen LogP contribution in [-0.4, -0.2) is 62.4 Å². The maximum absolute atomic E-state index is 5.55. The molecule has 1 aromatic rings. The zero-order valence-electron chi connectivity index (χ0n) is 15.5. The molecule has 7 heteroatoms. The third kappa shape index (κ3) is 9.20. The molecule has 0 aliphatic heterocycles. The molecular formula is C17H32N4O2S. The minimum absolute atomic E-state index is 0.607. The van der Waals surface area contributed by atoms with Crippen molar-refractivity contribution >= 4 is 17.3 Å². The smallest absolute Gasteiger partial charge is 0.194 e. The van der Waals surface area contributed by atoms with E-state index in [0.717, 1.165) is 49.2 Å². The topological polar surface area (TPSA) is 59.0 Å². The molecule has 0 amide bonds. The number of aryl methyl sites for hydroxylation is 1. The molecule has 0 atom stereocenters. The lowest BCUT2D eigenvalue weighted by molar-refractivity contribution is 0.0497. The predicted octanol–water partition coefficient (Wildman–Crippen LogP) is 2.68. The van der Waals surface area contributed by atoms with Crippen LogP contribution in [0.25, 0.3) is 0 Å². The maximum atomic E-state index is 5.55. The molecule has 24 heavy (non-hydrogen) atoms. The van der Waals surface area contributed by atoms with Crippen molar-refractivity contribution in [3.63, 3.8) is 0 Å². The summed E-state index contributed by atoms with van der Waals surface area (Å²) in [7, 11) is 2.03. The second kappa shape index (κ2) is 13.1. The van der Waals surface area contributed by atoms with E-state index in [2.05, 4.69) is 39.4 Å². The van der Waals surface area contributed by atoms with Crippen molar-refractivity contribution in [3.05, 3.63) is 16.1 Å². The Balaban J connectivity index is 2.26. The molecule has 6 nitrogen and oxygen atoms in total. The molecule has 0 saturated carbocycles. The van der Waals surface area contributed by atoms with E-state index >= 15 is 0 Å². The van der Waals surface area contributed by atoms with E-state index in [1.165, 1.54) is 0 Å². The summed E-state index contributed by atoms with van der Waals surface area (Å²) in [6.45, 7) is 11.2. The number of rotatable bonds is 12. The molecular weight excluding hydrogens is 324 g/mol. The van der Waals surface area contributed by atoms with E-state index in [1.807, 2.05) is 14.0 Å². The summed E-state index contributed by atoms with van der Waals surface area (Å²) in [6, 6.07) is 0. The summed E-state index contributed by atoms with van der Waals surface area (Å²) in [5.74, 6) is 0.881. The molecule has 1 aromatic heterocycles. The number of hydrogen-bond donors (Lipinski definition) is 1. The van der Waals surface area contributed by atoms with Crippen LogP contribution in [0.5, 0.6) is 0 Å². The van der Waals surface area contributed by atoms with Gasteiger partial charge >= 0.3 is 0 Å². The number of ether oxygens (including phenoxy) is 2. The van der Waals surface area contributed by atoms with E-state index in [0.29, 0.717) is 26.4 Å². The van der Waals surface area contributed by atoms with Gasteiger partial charge < -0.3 is 19.7 Å². The Hall–Kier alpha value is -1.18. The van der Waals surface area contributed by atoms with Crippen molar-refractivity contribution < 1.29 is 9.47 Å². The molecule has 0 fully saturated rings. The number of aromatic nitrogens is 1. The summed E-state index contributed by atoms with van der Waals surface area (Å²) < 4.78 is 11.0. The molecule has 0 bridgehead atoms. The first kappa shape index (κ1) is 20.9. The van der Waals surface area contributed by atoms with Crippen LogP contribution in [-0.2, 0) is 16.0 Å². The van der Waals surface area contributed by atoms with Gasteiger partial charge in [0.15, 0.2) is 5.96 Å². The minimum Gasteiger partial charge on any atom is -0.379 e. The van der Waals surface area contributed by atoms with Gasteiger partial charge in [-0.3, -0.25) is 4.99 Å². The average molecular weight is 357 g/mol. The fourth-order valence-electron chi connectivity index (χ4n) is 2.05. The van der Waals surface area contributed by atoms with Gasteiger partial charge in [0.25, 0.3) is 0 Å². The summed E-state index contributed by atoms with van der Waals surface area (Å²) in [4.78, 5) is 11.2. The fourth-order valence-corrected chi connectivity index (χ4v) is 2.66. The first-order valence-electron chi connectivity index (χ1n) is 8.73. The van der Waals surface area contributed by atoms with Crippen molar-refractivity contribution in [1.82, 2.24) is 15.2 Å². The van der Waals surface area contributed by atoms with Crippen LogP contribution < -0.4 is 5.32 Å². The van der Waals surface area contributed by atoms with Crippen molar-refractivity contribution in [1.29, 1.82) is 0 Å². The molecule has 1 rings (SSSR count). The summed E-state index contributed by atoms with van der Waals surface area (Å²) in [6.07, 6.45) is 2.28. The van der Waals surface area contributed by atoms with Gasteiger partial charge in [0.2, 0.25) is 0 Å². The van der Waals surface area contributed by atoms with Crippen LogP contribution in [0.2, 0.25) is 0 Å². The number of aliphatic imine (C=N–C) groups is 1. The number of unbranched alkanes of at least 4 members (excludes halogenated alkanes) is 1. The van der Waals surface area contributed by atoms with E-state index in [1.54, 1.807) is 11.3 Å². The van der Waals surface area contributed by atoms with Crippen LogP contribution >= 0.6 is 11.3 Å². The lowest BCUT2D eigenvalue weighted by atomic mass is 10.4. The molecule has 0 saturated heterocycles. The van der Waals surface area contributed by atoms with E-state index in [4.69, 9.17) is 9.47 Å². The quantitative estimate of drug-likeness (QED) is 0.354. The Morgan fingerprint density at radius 1 is 1.25 bits per heavy atom. The highest BCUT2D eigenvalue weighted by Crippen LogP contribution is 2.09. The van der Waals surface area contributed by atoms with Crippen molar-refractivity contribution in [2.24, 2.45) is 4.99 Å². The summed E-state index contributed by atoms with van der Waals surface area (Å²) in [5.41, 5.74) is 1.08. The van der Waals surface area contributed by atoms with Gasteiger partial charge in [-0.2, -0.15) is 0 Å². The lowest BCUT2D eigenvalue weighted by Gasteiger charge is -2.21. The van der Waals surface area contributed by atoms with E-state index in [9.17, 15) is 0 Å². The van der Waals surface area contributed by atoms with Crippen LogP contribution in [0.4, 0.5) is 0 Å². The Morgan fingerprint density at radius 2 is 2.00 bits per heavy atom. The van der Waals surface area contributed by atoms with Crippen LogP contribution in [0.1, 0.15) is 37.4 Å². The van der Waals surface area contributed by atoms with Gasteiger partial charge in [-0.1, -0.05) is 13.3 Å². The molecule has 138 valence electrons. The van der Waals surface area contributed by atoms with E-state index < -0.39 is 0 Å². The average Bonchev–Trinajstić information content (AvgIpc) is 2.97. The largest absolute Gasteiger partial charge is 0.379 e. The Bertz CT molecular complexity index is 465. The number of guanidine groups is 1. The third-order valence-corrected chi connectivity index (χ3v) is 4.10. The number of nitrogens with one attached hydrogen (secondary N) is 1. The fraction of sp³-hybridized carbons (Fsp3) is 0.765. The van der Waals surface area contributed by atoms with Crippen LogP contribution in [0.15, 0.2) is 10.4 Å². The zero-order chi connectivity index (χ0) is 17.6. The Morgan fingerprint density at radius 3 is 2.62 bits per heavy atom. The lowest BCUT2D eigenvalue weighted by Crippen LogP contribution is -2.38. The standard InChI is InChI=1S/C17H32N4O2S/c1-5-7-9-22-11-12-23-10-8-19-17(18-6-2)21(4)13-16-14-24-15(3)20-16/h14H,5-13H2,1-4H3,(H,18,19). The molecule has 0 aliphatic carbocycles. The maximum Gasteiger partial charge on any atom is 0.194 e. The van der Waals surface area contributed by atoms with Crippen LogP contribution in [0.3, 0.4) is 0 Å². The molecule has 0 spiro atoms. The van der Waals surface area contributed by atoms with E-state index in [-0.39, 0.29) is 0 Å². The Labute approximate surface area is 150 Å². The molecule has 1 N–H and O–H groups in total. The SMILES string of the molecule is CCCCOCCOCCN=C(NCC)N(C)Cc1csc(C)n1. The minimum atomic E-state index is 0.607. The first-order valence-corrected chi connectivity index (χ1v) is 9.61. The van der Waals surface area contributed by atoms with Crippen molar-refractivity contribution in [3.8, 4) is 0 Å². The van der Waals surface area contributed by atoms with Crippen molar-refractivity contribution in [2.45, 2.75) is 40.2 Å². The van der Waals surface area contributed by atoms with Gasteiger partial charge in [-0.25, -0.2) is 4.98 Å². The van der Waals surface area contributed by atoms with Gasteiger partial charge in [0, 0.05) is 25.6 Å². The molecule has 0 aromatic carbocycles. The van der Waals surface area contributed by atoms with Crippen LogP contribution in [0, 0.1) is 6.92 Å². The molecule has 0 unspecified atom stereocenters. The number of nitrogens with zero attached hydrogens (tertiary/aromatic N) is 3. The monoisotopic (exact) mass is 356 g/mol. The number of hydrogen-bond acceptors (Lipinski definition) is 5. The zero-order valence-corrected chi connectivity index (χ0v) is 16.3. The highest BCUT2D eigenvalue weighted by atomic mass is 32.1. The normalized spacial score (nSPS) is 11.8. The van der Waals surface area contributed by atoms with Gasteiger partial charge in [0.1, 0.15) is 0 Å². The summed E-state index contributed by atoms with van der Waals surface area (Å²) >= 11 is 1.68. The van der Waals surface area contributed by atoms with Gasteiger partial charge in [-0.05, 0) is 20.3 Å². The highest BCUT2D eigenvalue weighted by molar-refractivity contribution is 7.09. The van der Waals surface area contributed by atoms with Gasteiger partial charge in [0.05, 0.1) is 43.6 Å². The highest BCUT2D eigenvalue weighted by Gasteiger charge is 2.08. The number of thiazole rings is 1. The molecule has 0 aliphatic rings. The molecule has 1 heterocycles. The second-order valence-corrected chi connectivity index (χ2v) is 6.59. The second-order valence-electron chi connectivity index (χ2n) is 5.53. The van der Waals surface area contributed by atoms with Crippen molar-refractivity contribution in [2.75, 3.05) is 46.6 Å². The summed E-state index contributed by atoms with van der Waals surface area (Å²) in [5, 5.41) is 6.49. The first-order chi connectivity index (χ1) is 11.7. The predicted molar refractivity (Wildman–Crippen MR) is 101 cm³/mol. The van der Waals surface area contributed by atoms with Gasteiger partial charge in [-0.15, -0.1) is 11.3 Å². The third-order valence-electron chi connectivity index (χ3n) is 3.27.